The van der Waals surface area contributed by atoms with E-state index in [0.717, 1.165) is 37.0 Å². The second-order valence-corrected chi connectivity index (χ2v) is 8.28. The predicted octanol–water partition coefficient (Wildman–Crippen LogP) is 3.93. The molecule has 1 aliphatic rings. The fraction of sp³-hybridized carbons (Fsp3) is 0.474. The Morgan fingerprint density at radius 3 is 2.64 bits per heavy atom. The summed E-state index contributed by atoms with van der Waals surface area (Å²) in [5.41, 5.74) is 1.54. The van der Waals surface area contributed by atoms with E-state index in [4.69, 9.17) is 16.6 Å². The molecule has 2 N–H and O–H groups in total. The largest absolute Gasteiger partial charge is 0.357 e. The second-order valence-electron chi connectivity index (χ2n) is 6.52. The van der Waals surface area contributed by atoms with E-state index in [-0.39, 0.29) is 5.41 Å². The highest BCUT2D eigenvalue weighted by Crippen LogP contribution is 2.48. The summed E-state index contributed by atoms with van der Waals surface area (Å²) in [6.07, 6.45) is 5.24. The molecule has 1 fully saturated rings. The molecule has 6 heteroatoms. The smallest absolute Gasteiger partial charge is 0.191 e. The van der Waals surface area contributed by atoms with Gasteiger partial charge in [0.05, 0.1) is 11.6 Å². The van der Waals surface area contributed by atoms with Crippen LogP contribution in [0.2, 0.25) is 5.02 Å². The molecule has 2 aromatic rings. The summed E-state index contributed by atoms with van der Waals surface area (Å²) in [4.78, 5) is 10.5. The number of thiazole rings is 1. The van der Waals surface area contributed by atoms with E-state index in [2.05, 4.69) is 41.6 Å². The highest BCUT2D eigenvalue weighted by Gasteiger charge is 2.44. The Morgan fingerprint density at radius 2 is 2.04 bits per heavy atom. The van der Waals surface area contributed by atoms with Crippen LogP contribution in [0.1, 0.15) is 35.2 Å². The van der Waals surface area contributed by atoms with Crippen LogP contribution in [0.15, 0.2) is 35.5 Å². The molecule has 0 amide bonds. The van der Waals surface area contributed by atoms with E-state index in [1.165, 1.54) is 28.3 Å². The molecule has 0 bridgehead atoms. The van der Waals surface area contributed by atoms with Gasteiger partial charge in [-0.15, -0.1) is 11.3 Å². The Balaban J connectivity index is 1.57. The van der Waals surface area contributed by atoms with Crippen LogP contribution in [0.25, 0.3) is 0 Å². The molecule has 1 heterocycles. The molecule has 0 spiro atoms. The van der Waals surface area contributed by atoms with Crippen LogP contribution in [0.5, 0.6) is 0 Å². The molecule has 0 atom stereocenters. The molecule has 3 rings (SSSR count). The second kappa shape index (κ2) is 8.19. The standard InChI is InChI=1S/C19H25ClN4S/c1-3-21-18(22-11-8-17-23-12-14(2)25-17)24-13-19(9-10-19)15-4-6-16(20)7-5-15/h4-7,12H,3,8-11,13H2,1-2H3,(H2,21,22,24). The van der Waals surface area contributed by atoms with Crippen LogP contribution in [0.4, 0.5) is 0 Å². The normalized spacial score (nSPS) is 15.9. The first-order valence-corrected chi connectivity index (χ1v) is 10.0. The molecule has 1 aromatic carbocycles. The van der Waals surface area contributed by atoms with Gasteiger partial charge < -0.3 is 10.6 Å². The van der Waals surface area contributed by atoms with Crippen molar-refractivity contribution in [2.45, 2.75) is 38.5 Å². The maximum atomic E-state index is 6.01. The van der Waals surface area contributed by atoms with E-state index < -0.39 is 0 Å². The van der Waals surface area contributed by atoms with E-state index in [1.54, 1.807) is 11.3 Å². The third kappa shape index (κ3) is 4.95. The Bertz CT molecular complexity index is 719. The SMILES string of the molecule is CCNC(=NCC1(c2ccc(Cl)cc2)CC1)NCCc1ncc(C)s1. The van der Waals surface area contributed by atoms with Crippen molar-refractivity contribution in [1.82, 2.24) is 15.6 Å². The van der Waals surface area contributed by atoms with Crippen LogP contribution in [0.3, 0.4) is 0 Å². The lowest BCUT2D eigenvalue weighted by Gasteiger charge is -2.16. The molecule has 0 unspecified atom stereocenters. The molecular formula is C19H25ClN4S. The van der Waals surface area contributed by atoms with Crippen LogP contribution in [-0.4, -0.2) is 30.6 Å². The molecule has 1 saturated carbocycles. The third-order valence-corrected chi connectivity index (χ3v) is 5.72. The van der Waals surface area contributed by atoms with Crippen molar-refractivity contribution in [1.29, 1.82) is 0 Å². The van der Waals surface area contributed by atoms with Gasteiger partial charge in [0.2, 0.25) is 0 Å². The van der Waals surface area contributed by atoms with E-state index in [1.807, 2.05) is 18.3 Å². The molecule has 0 radical (unpaired) electrons. The minimum Gasteiger partial charge on any atom is -0.357 e. The van der Waals surface area contributed by atoms with Gasteiger partial charge in [0, 0.05) is 41.0 Å². The zero-order valence-corrected chi connectivity index (χ0v) is 16.4. The van der Waals surface area contributed by atoms with Crippen LogP contribution < -0.4 is 10.6 Å². The fourth-order valence-corrected chi connectivity index (χ4v) is 3.78. The van der Waals surface area contributed by atoms with Gasteiger partial charge in [-0.25, -0.2) is 4.98 Å². The molecule has 4 nitrogen and oxygen atoms in total. The lowest BCUT2D eigenvalue weighted by Crippen LogP contribution is -2.39. The zero-order valence-electron chi connectivity index (χ0n) is 14.8. The number of rotatable bonds is 7. The van der Waals surface area contributed by atoms with Gasteiger partial charge in [-0.05, 0) is 44.4 Å². The minimum absolute atomic E-state index is 0.194. The predicted molar refractivity (Wildman–Crippen MR) is 107 cm³/mol. The van der Waals surface area contributed by atoms with Gasteiger partial charge in [-0.3, -0.25) is 4.99 Å². The topological polar surface area (TPSA) is 49.3 Å². The van der Waals surface area contributed by atoms with Gasteiger partial charge in [0.1, 0.15) is 0 Å². The van der Waals surface area contributed by atoms with Gasteiger partial charge in [0.15, 0.2) is 5.96 Å². The van der Waals surface area contributed by atoms with Crippen molar-refractivity contribution >= 4 is 28.9 Å². The van der Waals surface area contributed by atoms with Gasteiger partial charge in [-0.1, -0.05) is 23.7 Å². The number of nitrogens with zero attached hydrogens (tertiary/aromatic N) is 2. The summed E-state index contributed by atoms with van der Waals surface area (Å²) >= 11 is 7.76. The zero-order chi connectivity index (χ0) is 17.7. The molecule has 1 aromatic heterocycles. The van der Waals surface area contributed by atoms with E-state index in [9.17, 15) is 0 Å². The number of nitrogens with one attached hydrogen (secondary N) is 2. The monoisotopic (exact) mass is 376 g/mol. The van der Waals surface area contributed by atoms with Crippen molar-refractivity contribution in [3.05, 3.63) is 50.9 Å². The molecule has 0 aliphatic heterocycles. The number of hydrogen-bond donors (Lipinski definition) is 2. The Hall–Kier alpha value is -1.59. The van der Waals surface area contributed by atoms with E-state index in [0.29, 0.717) is 0 Å². The first-order chi connectivity index (χ1) is 12.1. The summed E-state index contributed by atoms with van der Waals surface area (Å²) in [5, 5.41) is 8.71. The quantitative estimate of drug-likeness (QED) is 0.568. The fourth-order valence-electron chi connectivity index (χ4n) is 2.87. The summed E-state index contributed by atoms with van der Waals surface area (Å²) in [5.74, 6) is 0.885. The summed E-state index contributed by atoms with van der Waals surface area (Å²) in [6, 6.07) is 8.21. The molecular weight excluding hydrogens is 352 g/mol. The summed E-state index contributed by atoms with van der Waals surface area (Å²) < 4.78 is 0. The average molecular weight is 377 g/mol. The molecule has 1 aliphatic carbocycles. The maximum absolute atomic E-state index is 6.01. The summed E-state index contributed by atoms with van der Waals surface area (Å²) in [6.45, 7) is 6.68. The van der Waals surface area contributed by atoms with Gasteiger partial charge >= 0.3 is 0 Å². The lowest BCUT2D eigenvalue weighted by molar-refractivity contribution is 0.692. The van der Waals surface area contributed by atoms with Crippen LogP contribution in [-0.2, 0) is 11.8 Å². The highest BCUT2D eigenvalue weighted by atomic mass is 35.5. The number of aromatic nitrogens is 1. The number of halogens is 1. The van der Waals surface area contributed by atoms with Gasteiger partial charge in [-0.2, -0.15) is 0 Å². The first-order valence-electron chi connectivity index (χ1n) is 8.81. The number of guanidine groups is 1. The highest BCUT2D eigenvalue weighted by molar-refractivity contribution is 7.11. The average Bonchev–Trinajstić information content (AvgIpc) is 3.28. The third-order valence-electron chi connectivity index (χ3n) is 4.49. The van der Waals surface area contributed by atoms with E-state index >= 15 is 0 Å². The summed E-state index contributed by atoms with van der Waals surface area (Å²) in [7, 11) is 0. The lowest BCUT2D eigenvalue weighted by atomic mass is 9.96. The first kappa shape index (κ1) is 18.2. The van der Waals surface area contributed by atoms with Gasteiger partial charge in [0.25, 0.3) is 0 Å². The molecule has 134 valence electrons. The Kier molecular flexibility index (Phi) is 5.97. The van der Waals surface area contributed by atoms with Crippen molar-refractivity contribution < 1.29 is 0 Å². The molecule has 0 saturated heterocycles. The Labute approximate surface area is 158 Å². The van der Waals surface area contributed by atoms with Crippen LogP contribution in [0, 0.1) is 6.92 Å². The number of hydrogen-bond acceptors (Lipinski definition) is 3. The number of aliphatic imine (C=N–C) groups is 1. The maximum Gasteiger partial charge on any atom is 0.191 e. The van der Waals surface area contributed by atoms with Crippen molar-refractivity contribution in [3.8, 4) is 0 Å². The van der Waals surface area contributed by atoms with Crippen molar-refractivity contribution in [2.24, 2.45) is 4.99 Å². The minimum atomic E-state index is 0.194. The number of benzene rings is 1. The van der Waals surface area contributed by atoms with Crippen molar-refractivity contribution in [3.63, 3.8) is 0 Å². The number of aryl methyl sites for hydroxylation is 1. The van der Waals surface area contributed by atoms with Crippen molar-refractivity contribution in [2.75, 3.05) is 19.6 Å². The molecule has 25 heavy (non-hydrogen) atoms. The van der Waals surface area contributed by atoms with Crippen LogP contribution >= 0.6 is 22.9 Å². The Morgan fingerprint density at radius 1 is 1.28 bits per heavy atom.